The fourth-order valence-electron chi connectivity index (χ4n) is 3.66. The number of imidazole rings is 1. The van der Waals surface area contributed by atoms with Crippen LogP contribution < -0.4 is 10.6 Å². The Morgan fingerprint density at radius 1 is 0.970 bits per heavy atom. The summed E-state index contributed by atoms with van der Waals surface area (Å²) in [5.74, 6) is -0.107. The summed E-state index contributed by atoms with van der Waals surface area (Å²) in [4.78, 5) is 29.5. The zero-order valence-corrected chi connectivity index (χ0v) is 18.8. The Morgan fingerprint density at radius 2 is 1.76 bits per heavy atom. The maximum absolute atomic E-state index is 13.7. The van der Waals surface area contributed by atoms with Gasteiger partial charge in [-0.3, -0.25) is 9.59 Å². The van der Waals surface area contributed by atoms with Crippen LogP contribution in [0.4, 0.5) is 10.1 Å². The average molecular weight is 445 g/mol. The molecule has 1 aromatic heterocycles. The molecule has 6 nitrogen and oxygen atoms in total. The second-order valence-corrected chi connectivity index (χ2v) is 8.08. The predicted molar refractivity (Wildman–Crippen MR) is 127 cm³/mol. The second-order valence-electron chi connectivity index (χ2n) is 8.08. The van der Waals surface area contributed by atoms with Crippen molar-refractivity contribution in [2.45, 2.75) is 20.3 Å². The van der Waals surface area contributed by atoms with Gasteiger partial charge < -0.3 is 15.2 Å². The molecule has 1 heterocycles. The average Bonchev–Trinajstić information content (AvgIpc) is 3.10. The highest BCUT2D eigenvalue weighted by Crippen LogP contribution is 2.21. The number of nitrogens with one attached hydrogen (secondary N) is 2. The predicted octanol–water partition coefficient (Wildman–Crippen LogP) is 4.55. The van der Waals surface area contributed by atoms with E-state index in [1.54, 1.807) is 25.1 Å². The van der Waals surface area contributed by atoms with Crippen molar-refractivity contribution in [1.82, 2.24) is 14.9 Å². The van der Waals surface area contributed by atoms with Crippen molar-refractivity contribution in [2.24, 2.45) is 7.05 Å². The van der Waals surface area contributed by atoms with Gasteiger partial charge in [0.25, 0.3) is 11.8 Å². The van der Waals surface area contributed by atoms with Gasteiger partial charge in [-0.15, -0.1) is 0 Å². The number of amides is 2. The molecule has 2 N–H and O–H groups in total. The molecule has 0 bridgehead atoms. The molecule has 0 saturated heterocycles. The van der Waals surface area contributed by atoms with E-state index >= 15 is 0 Å². The fraction of sp³-hybridized carbons (Fsp3) is 0.192. The summed E-state index contributed by atoms with van der Waals surface area (Å²) >= 11 is 0. The van der Waals surface area contributed by atoms with Crippen LogP contribution in [0.15, 0.2) is 60.7 Å². The third kappa shape index (κ3) is 4.92. The van der Waals surface area contributed by atoms with Crippen molar-refractivity contribution in [3.8, 4) is 0 Å². The number of carbonyl (C=O) groups is 2. The number of anilines is 1. The topological polar surface area (TPSA) is 76.0 Å². The summed E-state index contributed by atoms with van der Waals surface area (Å²) < 4.78 is 15.7. The van der Waals surface area contributed by atoms with Gasteiger partial charge in [0.05, 0.1) is 11.0 Å². The SMILES string of the molecule is Cc1cccc(C(=O)Nc2ccc3c(c2)nc(CCNC(=O)c2ccc(C)c(F)c2)n3C)c1. The summed E-state index contributed by atoms with van der Waals surface area (Å²) in [5.41, 5.74) is 4.74. The standard InChI is InChI=1S/C26H25FN4O2/c1-16-5-4-6-18(13-16)26(33)29-20-9-10-23-22(15-20)30-24(31(23)3)11-12-28-25(32)19-8-7-17(2)21(27)14-19/h4-10,13-15H,11-12H2,1-3H3,(H,28,32)(H,29,33). The maximum atomic E-state index is 13.7. The minimum absolute atomic E-state index is 0.176. The number of carbonyl (C=O) groups excluding carboxylic acids is 2. The minimum Gasteiger partial charge on any atom is -0.352 e. The Hall–Kier alpha value is -4.00. The Balaban J connectivity index is 1.42. The highest BCUT2D eigenvalue weighted by Gasteiger charge is 2.12. The number of nitrogens with zero attached hydrogens (tertiary/aromatic N) is 2. The highest BCUT2D eigenvalue weighted by molar-refractivity contribution is 6.05. The summed E-state index contributed by atoms with van der Waals surface area (Å²) in [6.45, 7) is 3.96. The van der Waals surface area contributed by atoms with E-state index in [-0.39, 0.29) is 17.4 Å². The minimum atomic E-state index is -0.400. The number of aromatic nitrogens is 2. The number of hydrogen-bond donors (Lipinski definition) is 2. The first-order valence-electron chi connectivity index (χ1n) is 10.7. The molecule has 3 aromatic carbocycles. The van der Waals surface area contributed by atoms with Crippen molar-refractivity contribution >= 4 is 28.5 Å². The van der Waals surface area contributed by atoms with Crippen LogP contribution in [-0.2, 0) is 13.5 Å². The normalized spacial score (nSPS) is 10.9. The van der Waals surface area contributed by atoms with Crippen LogP contribution in [-0.4, -0.2) is 27.9 Å². The first-order valence-corrected chi connectivity index (χ1v) is 10.7. The van der Waals surface area contributed by atoms with Crippen molar-refractivity contribution in [3.05, 3.63) is 94.6 Å². The Labute approximate surface area is 191 Å². The molecule has 0 saturated carbocycles. The quantitative estimate of drug-likeness (QED) is 0.458. The summed E-state index contributed by atoms with van der Waals surface area (Å²) in [7, 11) is 1.91. The van der Waals surface area contributed by atoms with Crippen LogP contribution in [0.2, 0.25) is 0 Å². The van der Waals surface area contributed by atoms with E-state index in [1.807, 2.05) is 54.9 Å². The van der Waals surface area contributed by atoms with Gasteiger partial charge in [0.1, 0.15) is 11.6 Å². The smallest absolute Gasteiger partial charge is 0.255 e. The number of benzene rings is 3. The zero-order valence-electron chi connectivity index (χ0n) is 18.8. The molecule has 33 heavy (non-hydrogen) atoms. The Morgan fingerprint density at radius 3 is 2.52 bits per heavy atom. The van der Waals surface area contributed by atoms with Crippen LogP contribution in [0.1, 0.15) is 37.7 Å². The van der Waals surface area contributed by atoms with Gasteiger partial charge >= 0.3 is 0 Å². The second kappa shape index (κ2) is 9.24. The van der Waals surface area contributed by atoms with Crippen molar-refractivity contribution in [2.75, 3.05) is 11.9 Å². The van der Waals surface area contributed by atoms with E-state index in [0.717, 1.165) is 22.4 Å². The zero-order chi connectivity index (χ0) is 23.5. The molecule has 0 aliphatic rings. The molecular formula is C26H25FN4O2. The molecule has 4 aromatic rings. The van der Waals surface area contributed by atoms with E-state index in [2.05, 4.69) is 15.6 Å². The lowest BCUT2D eigenvalue weighted by Gasteiger charge is -2.07. The number of aryl methyl sites for hydroxylation is 3. The van der Waals surface area contributed by atoms with E-state index < -0.39 is 5.82 Å². The van der Waals surface area contributed by atoms with E-state index in [9.17, 15) is 14.0 Å². The lowest BCUT2D eigenvalue weighted by Crippen LogP contribution is -2.26. The van der Waals surface area contributed by atoms with Crippen LogP contribution in [0.5, 0.6) is 0 Å². The molecule has 0 atom stereocenters. The molecule has 7 heteroatoms. The molecule has 4 rings (SSSR count). The molecule has 2 amide bonds. The third-order valence-corrected chi connectivity index (χ3v) is 5.58. The number of fused-ring (bicyclic) bond motifs is 1. The van der Waals surface area contributed by atoms with Crippen molar-refractivity contribution in [3.63, 3.8) is 0 Å². The summed E-state index contributed by atoms with van der Waals surface area (Å²) in [6.07, 6.45) is 0.510. The molecule has 0 fully saturated rings. The number of halogens is 1. The molecule has 0 aliphatic carbocycles. The number of rotatable bonds is 6. The largest absolute Gasteiger partial charge is 0.352 e. The molecule has 0 unspecified atom stereocenters. The van der Waals surface area contributed by atoms with Gasteiger partial charge in [0.2, 0.25) is 0 Å². The van der Waals surface area contributed by atoms with Crippen LogP contribution >= 0.6 is 0 Å². The van der Waals surface area contributed by atoms with Gasteiger partial charge in [0.15, 0.2) is 0 Å². The number of hydrogen-bond acceptors (Lipinski definition) is 3. The summed E-state index contributed by atoms with van der Waals surface area (Å²) in [6, 6.07) is 17.4. The van der Waals surface area contributed by atoms with Gasteiger partial charge in [-0.05, 0) is 61.9 Å². The Bertz CT molecular complexity index is 1360. The molecule has 0 aliphatic heterocycles. The molecule has 0 radical (unpaired) electrons. The van der Waals surface area contributed by atoms with E-state index in [0.29, 0.717) is 29.8 Å². The fourth-order valence-corrected chi connectivity index (χ4v) is 3.66. The van der Waals surface area contributed by atoms with E-state index in [4.69, 9.17) is 0 Å². The van der Waals surface area contributed by atoms with Crippen LogP contribution in [0, 0.1) is 19.7 Å². The summed E-state index contributed by atoms with van der Waals surface area (Å²) in [5, 5.41) is 5.73. The lowest BCUT2D eigenvalue weighted by atomic mass is 10.1. The third-order valence-electron chi connectivity index (χ3n) is 5.58. The van der Waals surface area contributed by atoms with Crippen LogP contribution in [0.25, 0.3) is 11.0 Å². The lowest BCUT2D eigenvalue weighted by molar-refractivity contribution is 0.0952. The van der Waals surface area contributed by atoms with Crippen LogP contribution in [0.3, 0.4) is 0 Å². The highest BCUT2D eigenvalue weighted by atomic mass is 19.1. The molecule has 0 spiro atoms. The van der Waals surface area contributed by atoms with Crippen molar-refractivity contribution < 1.29 is 14.0 Å². The first kappa shape index (κ1) is 22.2. The van der Waals surface area contributed by atoms with Gasteiger partial charge in [-0.1, -0.05) is 23.8 Å². The van der Waals surface area contributed by atoms with E-state index in [1.165, 1.54) is 6.07 Å². The maximum Gasteiger partial charge on any atom is 0.255 e. The van der Waals surface area contributed by atoms with Gasteiger partial charge in [0, 0.05) is 36.8 Å². The molecule has 168 valence electrons. The van der Waals surface area contributed by atoms with Gasteiger partial charge in [-0.2, -0.15) is 0 Å². The Kier molecular flexibility index (Phi) is 6.22. The monoisotopic (exact) mass is 444 g/mol. The van der Waals surface area contributed by atoms with Crippen molar-refractivity contribution in [1.29, 1.82) is 0 Å². The molecular weight excluding hydrogens is 419 g/mol. The van der Waals surface area contributed by atoms with Gasteiger partial charge in [-0.25, -0.2) is 9.37 Å². The first-order chi connectivity index (χ1) is 15.8.